The summed E-state index contributed by atoms with van der Waals surface area (Å²) in [6, 6.07) is 1.80. The van der Waals surface area contributed by atoms with Gasteiger partial charge in [-0.2, -0.15) is 0 Å². The van der Waals surface area contributed by atoms with Gasteiger partial charge in [0.25, 0.3) is 0 Å². The Bertz CT molecular complexity index is 469. The molecule has 3 rings (SSSR count). The molecule has 0 saturated heterocycles. The van der Waals surface area contributed by atoms with E-state index in [0.29, 0.717) is 17.4 Å². The lowest BCUT2D eigenvalue weighted by molar-refractivity contribution is 0.251. The number of halogens is 3. The van der Waals surface area contributed by atoms with E-state index in [2.05, 4.69) is 5.43 Å². The molecule has 19 heavy (non-hydrogen) atoms. The van der Waals surface area contributed by atoms with E-state index in [0.717, 1.165) is 25.0 Å². The van der Waals surface area contributed by atoms with Crippen LogP contribution >= 0.6 is 0 Å². The van der Waals surface area contributed by atoms with Crippen LogP contribution in [0.3, 0.4) is 0 Å². The zero-order chi connectivity index (χ0) is 13.6. The highest BCUT2D eigenvalue weighted by Crippen LogP contribution is 2.52. The van der Waals surface area contributed by atoms with Crippen molar-refractivity contribution in [3.05, 3.63) is 35.1 Å². The molecular formula is C14H17F3N2. The van der Waals surface area contributed by atoms with Crippen LogP contribution in [0.4, 0.5) is 13.2 Å². The van der Waals surface area contributed by atoms with Gasteiger partial charge in [0.2, 0.25) is 0 Å². The first kappa shape index (κ1) is 12.9. The second-order valence-electron chi connectivity index (χ2n) is 5.78. The van der Waals surface area contributed by atoms with Crippen molar-refractivity contribution in [2.45, 2.75) is 31.7 Å². The Kier molecular flexibility index (Phi) is 3.27. The first-order valence-electron chi connectivity index (χ1n) is 6.70. The van der Waals surface area contributed by atoms with Crippen LogP contribution < -0.4 is 11.3 Å². The first-order chi connectivity index (χ1) is 9.10. The number of rotatable bonds is 3. The lowest BCUT2D eigenvalue weighted by Crippen LogP contribution is -2.36. The molecule has 3 N–H and O–H groups in total. The summed E-state index contributed by atoms with van der Waals surface area (Å²) in [5.74, 6) is 3.39. The number of hydrogen-bond donors (Lipinski definition) is 2. The Morgan fingerprint density at radius 2 is 1.79 bits per heavy atom. The van der Waals surface area contributed by atoms with E-state index in [4.69, 9.17) is 5.84 Å². The Labute approximate surface area is 110 Å². The topological polar surface area (TPSA) is 38.0 Å². The van der Waals surface area contributed by atoms with Gasteiger partial charge in [-0.15, -0.1) is 0 Å². The average molecular weight is 270 g/mol. The molecule has 0 radical (unpaired) electrons. The van der Waals surface area contributed by atoms with Gasteiger partial charge in [-0.1, -0.05) is 6.42 Å². The van der Waals surface area contributed by atoms with E-state index in [-0.39, 0.29) is 12.0 Å². The van der Waals surface area contributed by atoms with Crippen LogP contribution in [0.5, 0.6) is 0 Å². The standard InChI is InChI=1S/C14H17F3N2/c15-11-5-9(6-12(16)13(11)17)14(19-18)10-4-7-1-2-8(10)3-7/h5-8,10,14,19H,1-4,18H2. The number of fused-ring (bicyclic) bond motifs is 2. The minimum atomic E-state index is -1.42. The van der Waals surface area contributed by atoms with Crippen molar-refractivity contribution in [1.82, 2.24) is 5.43 Å². The smallest absolute Gasteiger partial charge is 0.194 e. The molecule has 2 fully saturated rings. The third-order valence-corrected chi connectivity index (χ3v) is 4.77. The lowest BCUT2D eigenvalue weighted by atomic mass is 9.80. The highest BCUT2D eigenvalue weighted by Gasteiger charge is 2.43. The van der Waals surface area contributed by atoms with Crippen molar-refractivity contribution in [3.63, 3.8) is 0 Å². The summed E-state index contributed by atoms with van der Waals surface area (Å²) in [5.41, 5.74) is 3.06. The summed E-state index contributed by atoms with van der Waals surface area (Å²) in [5, 5.41) is 0. The number of hydrazine groups is 1. The van der Waals surface area contributed by atoms with E-state index in [9.17, 15) is 13.2 Å². The number of benzene rings is 1. The van der Waals surface area contributed by atoms with E-state index in [1.807, 2.05) is 0 Å². The van der Waals surface area contributed by atoms with Gasteiger partial charge in [0.05, 0.1) is 0 Å². The largest absolute Gasteiger partial charge is 0.271 e. The van der Waals surface area contributed by atoms with Crippen molar-refractivity contribution in [2.24, 2.45) is 23.6 Å². The first-order valence-corrected chi connectivity index (χ1v) is 6.70. The van der Waals surface area contributed by atoms with Crippen LogP contribution in [0.15, 0.2) is 12.1 Å². The van der Waals surface area contributed by atoms with Crippen molar-refractivity contribution in [1.29, 1.82) is 0 Å². The maximum atomic E-state index is 13.3. The van der Waals surface area contributed by atoms with Gasteiger partial charge < -0.3 is 0 Å². The van der Waals surface area contributed by atoms with Crippen LogP contribution in [0, 0.1) is 35.2 Å². The highest BCUT2D eigenvalue weighted by atomic mass is 19.2. The minimum Gasteiger partial charge on any atom is -0.271 e. The number of nitrogens with one attached hydrogen (secondary N) is 1. The zero-order valence-electron chi connectivity index (χ0n) is 10.5. The molecule has 4 atom stereocenters. The summed E-state index contributed by atoms with van der Waals surface area (Å²) in [7, 11) is 0. The molecule has 2 nitrogen and oxygen atoms in total. The SMILES string of the molecule is NNC(c1cc(F)c(F)c(F)c1)C1CC2CCC1C2. The Balaban J connectivity index is 1.90. The molecule has 4 unspecified atom stereocenters. The van der Waals surface area contributed by atoms with Crippen LogP contribution in [0.1, 0.15) is 37.3 Å². The van der Waals surface area contributed by atoms with Crippen molar-refractivity contribution >= 4 is 0 Å². The Morgan fingerprint density at radius 1 is 1.11 bits per heavy atom. The summed E-state index contributed by atoms with van der Waals surface area (Å²) >= 11 is 0. The second kappa shape index (κ2) is 4.80. The molecule has 0 aromatic heterocycles. The maximum Gasteiger partial charge on any atom is 0.194 e. The van der Waals surface area contributed by atoms with Crippen LogP contribution in [0.2, 0.25) is 0 Å². The lowest BCUT2D eigenvalue weighted by Gasteiger charge is -2.30. The van der Waals surface area contributed by atoms with E-state index in [1.165, 1.54) is 12.8 Å². The molecule has 104 valence electrons. The molecular weight excluding hydrogens is 253 g/mol. The fourth-order valence-corrected chi connectivity index (χ4v) is 3.92. The van der Waals surface area contributed by atoms with E-state index >= 15 is 0 Å². The Morgan fingerprint density at radius 3 is 2.26 bits per heavy atom. The predicted octanol–water partition coefficient (Wildman–Crippen LogP) is 3.04. The van der Waals surface area contributed by atoms with E-state index in [1.54, 1.807) is 0 Å². The Hall–Kier alpha value is -1.07. The normalized spacial score (nSPS) is 30.8. The third-order valence-electron chi connectivity index (χ3n) is 4.77. The molecule has 2 saturated carbocycles. The van der Waals surface area contributed by atoms with E-state index < -0.39 is 17.5 Å². The fraction of sp³-hybridized carbons (Fsp3) is 0.571. The molecule has 2 aliphatic rings. The molecule has 5 heteroatoms. The van der Waals surface area contributed by atoms with Crippen molar-refractivity contribution in [3.8, 4) is 0 Å². The molecule has 0 aliphatic heterocycles. The number of hydrogen-bond acceptors (Lipinski definition) is 2. The van der Waals surface area contributed by atoms with Gasteiger partial charge in [-0.05, 0) is 54.7 Å². The fourth-order valence-electron chi connectivity index (χ4n) is 3.92. The molecule has 0 spiro atoms. The van der Waals surface area contributed by atoms with Crippen molar-refractivity contribution < 1.29 is 13.2 Å². The van der Waals surface area contributed by atoms with Gasteiger partial charge in [0.15, 0.2) is 17.5 Å². The molecule has 0 heterocycles. The highest BCUT2D eigenvalue weighted by molar-refractivity contribution is 5.24. The molecule has 1 aromatic rings. The van der Waals surface area contributed by atoms with Gasteiger partial charge in [-0.3, -0.25) is 11.3 Å². The van der Waals surface area contributed by atoms with Gasteiger partial charge in [0.1, 0.15) is 0 Å². The third kappa shape index (κ3) is 2.15. The molecule has 2 bridgehead atoms. The summed E-state index contributed by atoms with van der Waals surface area (Å²) < 4.78 is 39.7. The zero-order valence-corrected chi connectivity index (χ0v) is 10.5. The van der Waals surface area contributed by atoms with Crippen molar-refractivity contribution in [2.75, 3.05) is 0 Å². The molecule has 0 amide bonds. The molecule has 1 aromatic carbocycles. The van der Waals surface area contributed by atoms with Crippen LogP contribution in [0.25, 0.3) is 0 Å². The van der Waals surface area contributed by atoms with Crippen LogP contribution in [-0.4, -0.2) is 0 Å². The summed E-state index contributed by atoms with van der Waals surface area (Å²) in [6.07, 6.45) is 4.60. The summed E-state index contributed by atoms with van der Waals surface area (Å²) in [4.78, 5) is 0. The molecule has 2 aliphatic carbocycles. The van der Waals surface area contributed by atoms with Crippen LogP contribution in [-0.2, 0) is 0 Å². The quantitative estimate of drug-likeness (QED) is 0.503. The predicted molar refractivity (Wildman–Crippen MR) is 65.3 cm³/mol. The average Bonchev–Trinajstić information content (AvgIpc) is 2.99. The van der Waals surface area contributed by atoms with Gasteiger partial charge in [0, 0.05) is 6.04 Å². The monoisotopic (exact) mass is 270 g/mol. The van der Waals surface area contributed by atoms with Gasteiger partial charge in [-0.25, -0.2) is 13.2 Å². The summed E-state index contributed by atoms with van der Waals surface area (Å²) in [6.45, 7) is 0. The maximum absolute atomic E-state index is 13.3. The second-order valence-corrected chi connectivity index (χ2v) is 5.78. The minimum absolute atomic E-state index is 0.285. The number of nitrogens with two attached hydrogens (primary N) is 1. The van der Waals surface area contributed by atoms with Gasteiger partial charge >= 0.3 is 0 Å².